The zero-order valence-electron chi connectivity index (χ0n) is 16.5. The number of rotatable bonds is 5. The monoisotopic (exact) mass is 381 g/mol. The van der Waals surface area contributed by atoms with Gasteiger partial charge in [-0.1, -0.05) is 86.6 Å². The summed E-state index contributed by atoms with van der Waals surface area (Å²) in [7, 11) is 0. The van der Waals surface area contributed by atoms with Crippen molar-refractivity contribution in [3.05, 3.63) is 95.7 Å². The number of aromatic amines is 1. The lowest BCUT2D eigenvalue weighted by atomic mass is 10.0. The van der Waals surface area contributed by atoms with Crippen LogP contribution in [-0.2, 0) is 0 Å². The third-order valence-electron chi connectivity index (χ3n) is 4.98. The van der Waals surface area contributed by atoms with Crippen molar-refractivity contribution < 1.29 is 4.79 Å². The number of aromatic nitrogens is 1. The van der Waals surface area contributed by atoms with Crippen LogP contribution in [0.1, 0.15) is 41.4 Å². The van der Waals surface area contributed by atoms with Gasteiger partial charge in [0.15, 0.2) is 0 Å². The maximum Gasteiger partial charge on any atom is 0.288 e. The Morgan fingerprint density at radius 3 is 2.34 bits per heavy atom. The largest absolute Gasteiger partial charge is 0.350 e. The van der Waals surface area contributed by atoms with Gasteiger partial charge in [-0.25, -0.2) is 5.43 Å². The highest BCUT2D eigenvalue weighted by Crippen LogP contribution is 2.32. The van der Waals surface area contributed by atoms with E-state index in [2.05, 4.69) is 41.5 Å². The van der Waals surface area contributed by atoms with Crippen LogP contribution in [0.5, 0.6) is 0 Å². The van der Waals surface area contributed by atoms with Crippen LogP contribution in [0.4, 0.5) is 0 Å². The Labute approximate surface area is 170 Å². The Morgan fingerprint density at radius 2 is 1.62 bits per heavy atom. The zero-order valence-corrected chi connectivity index (χ0v) is 16.5. The van der Waals surface area contributed by atoms with Crippen LogP contribution in [0.15, 0.2) is 84.0 Å². The van der Waals surface area contributed by atoms with E-state index in [9.17, 15) is 4.79 Å². The van der Waals surface area contributed by atoms with Gasteiger partial charge >= 0.3 is 0 Å². The molecule has 4 heteroatoms. The number of nitrogens with zero attached hydrogens (tertiary/aromatic N) is 1. The van der Waals surface area contributed by atoms with Crippen molar-refractivity contribution in [3.8, 4) is 11.1 Å². The lowest BCUT2D eigenvalue weighted by Gasteiger charge is -2.05. The molecule has 0 atom stereocenters. The second-order valence-corrected chi connectivity index (χ2v) is 7.31. The van der Waals surface area contributed by atoms with E-state index in [4.69, 9.17) is 0 Å². The van der Waals surface area contributed by atoms with Gasteiger partial charge in [0.25, 0.3) is 5.91 Å². The first kappa shape index (κ1) is 18.7. The topological polar surface area (TPSA) is 57.2 Å². The van der Waals surface area contributed by atoms with Crippen LogP contribution in [0.3, 0.4) is 0 Å². The fourth-order valence-corrected chi connectivity index (χ4v) is 3.41. The van der Waals surface area contributed by atoms with E-state index in [1.807, 2.05) is 66.7 Å². The van der Waals surface area contributed by atoms with Crippen molar-refractivity contribution >= 4 is 23.0 Å². The van der Waals surface area contributed by atoms with Gasteiger partial charge in [-0.15, -0.1) is 0 Å². The summed E-state index contributed by atoms with van der Waals surface area (Å²) in [5.41, 5.74) is 8.17. The molecule has 1 aromatic heterocycles. The average Bonchev–Trinajstić information content (AvgIpc) is 3.14. The lowest BCUT2D eigenvalue weighted by molar-refractivity contribution is 0.0951. The number of carbonyl (C=O) groups is 1. The number of hydrazone groups is 1. The molecule has 0 aliphatic rings. The van der Waals surface area contributed by atoms with Crippen molar-refractivity contribution in [2.75, 3.05) is 0 Å². The molecule has 0 saturated carbocycles. The number of fused-ring (bicyclic) bond motifs is 1. The number of nitrogens with one attached hydrogen (secondary N) is 2. The highest BCUT2D eigenvalue weighted by Gasteiger charge is 2.18. The molecule has 0 unspecified atom stereocenters. The molecule has 1 heterocycles. The standard InChI is InChI=1S/C25H23N3O/c1-17(2)19-14-12-18(13-15-19)16-26-28-25(29)24-23(20-8-4-3-5-9-20)21-10-6-7-11-22(21)27-24/h3-17,27H,1-2H3,(H,28,29). The first-order valence-corrected chi connectivity index (χ1v) is 9.73. The number of amides is 1. The summed E-state index contributed by atoms with van der Waals surface area (Å²) in [5, 5.41) is 5.16. The van der Waals surface area contributed by atoms with E-state index in [0.717, 1.165) is 27.6 Å². The van der Waals surface area contributed by atoms with Gasteiger partial charge in [0.1, 0.15) is 5.69 Å². The van der Waals surface area contributed by atoms with Crippen LogP contribution in [0.2, 0.25) is 0 Å². The second kappa shape index (κ2) is 8.15. The summed E-state index contributed by atoms with van der Waals surface area (Å²) in [4.78, 5) is 16.1. The van der Waals surface area contributed by atoms with E-state index >= 15 is 0 Å². The first-order chi connectivity index (χ1) is 14.1. The molecule has 144 valence electrons. The van der Waals surface area contributed by atoms with Gasteiger partial charge in [-0.2, -0.15) is 5.10 Å². The fraction of sp³-hybridized carbons (Fsp3) is 0.120. The molecule has 4 rings (SSSR count). The van der Waals surface area contributed by atoms with Crippen molar-refractivity contribution in [2.24, 2.45) is 5.10 Å². The molecule has 0 spiro atoms. The molecule has 0 bridgehead atoms. The minimum absolute atomic E-state index is 0.268. The van der Waals surface area contributed by atoms with Crippen molar-refractivity contribution in [2.45, 2.75) is 19.8 Å². The van der Waals surface area contributed by atoms with Crippen LogP contribution in [0.25, 0.3) is 22.0 Å². The van der Waals surface area contributed by atoms with E-state index in [0.29, 0.717) is 11.6 Å². The number of carbonyl (C=O) groups excluding carboxylic acids is 1. The summed E-state index contributed by atoms with van der Waals surface area (Å²) in [5.74, 6) is 0.217. The van der Waals surface area contributed by atoms with Crippen LogP contribution in [0, 0.1) is 0 Å². The predicted molar refractivity (Wildman–Crippen MR) is 119 cm³/mol. The Bertz CT molecular complexity index is 1160. The highest BCUT2D eigenvalue weighted by molar-refractivity contribution is 6.09. The zero-order chi connectivity index (χ0) is 20.2. The molecule has 0 aliphatic heterocycles. The molecule has 0 radical (unpaired) electrons. The number of hydrogen-bond acceptors (Lipinski definition) is 2. The van der Waals surface area contributed by atoms with E-state index in [1.165, 1.54) is 5.56 Å². The smallest absolute Gasteiger partial charge is 0.288 e. The number of benzene rings is 3. The number of para-hydroxylation sites is 1. The maximum atomic E-state index is 12.9. The Balaban J connectivity index is 1.60. The van der Waals surface area contributed by atoms with E-state index < -0.39 is 0 Å². The molecule has 4 nitrogen and oxygen atoms in total. The predicted octanol–water partition coefficient (Wildman–Crippen LogP) is 5.72. The van der Waals surface area contributed by atoms with Gasteiger partial charge in [-0.3, -0.25) is 4.79 Å². The lowest BCUT2D eigenvalue weighted by Crippen LogP contribution is -2.18. The third-order valence-corrected chi connectivity index (χ3v) is 4.98. The Kier molecular flexibility index (Phi) is 5.25. The quantitative estimate of drug-likeness (QED) is 0.337. The summed E-state index contributed by atoms with van der Waals surface area (Å²) in [6.07, 6.45) is 1.66. The minimum Gasteiger partial charge on any atom is -0.350 e. The fourth-order valence-electron chi connectivity index (χ4n) is 3.41. The second-order valence-electron chi connectivity index (χ2n) is 7.31. The molecule has 0 fully saturated rings. The molecule has 4 aromatic rings. The van der Waals surface area contributed by atoms with Crippen molar-refractivity contribution in [1.29, 1.82) is 0 Å². The van der Waals surface area contributed by atoms with Gasteiger partial charge in [-0.05, 0) is 28.7 Å². The summed E-state index contributed by atoms with van der Waals surface area (Å²) >= 11 is 0. The Morgan fingerprint density at radius 1 is 0.931 bits per heavy atom. The molecule has 3 aromatic carbocycles. The molecule has 2 N–H and O–H groups in total. The number of H-pyrrole nitrogens is 1. The summed E-state index contributed by atoms with van der Waals surface area (Å²) in [6, 6.07) is 26.0. The molecule has 0 aliphatic carbocycles. The van der Waals surface area contributed by atoms with Gasteiger partial charge in [0.05, 0.1) is 6.21 Å². The molecule has 1 amide bonds. The highest BCUT2D eigenvalue weighted by atomic mass is 16.2. The van der Waals surface area contributed by atoms with E-state index in [-0.39, 0.29) is 5.91 Å². The summed E-state index contributed by atoms with van der Waals surface area (Å²) < 4.78 is 0. The SMILES string of the molecule is CC(C)c1ccc(C=NNC(=O)c2[nH]c3ccccc3c2-c2ccccc2)cc1. The number of hydrogen-bond donors (Lipinski definition) is 2. The maximum absolute atomic E-state index is 12.9. The van der Waals surface area contributed by atoms with Crippen molar-refractivity contribution in [1.82, 2.24) is 10.4 Å². The normalized spacial score (nSPS) is 11.4. The average molecular weight is 381 g/mol. The Hall–Kier alpha value is -3.66. The van der Waals surface area contributed by atoms with Crippen LogP contribution >= 0.6 is 0 Å². The van der Waals surface area contributed by atoms with E-state index in [1.54, 1.807) is 6.21 Å². The molecule has 29 heavy (non-hydrogen) atoms. The van der Waals surface area contributed by atoms with Gasteiger partial charge < -0.3 is 4.98 Å². The molecular formula is C25H23N3O. The van der Waals surface area contributed by atoms with Crippen LogP contribution < -0.4 is 5.43 Å². The molecular weight excluding hydrogens is 358 g/mol. The minimum atomic E-state index is -0.268. The van der Waals surface area contributed by atoms with Crippen molar-refractivity contribution in [3.63, 3.8) is 0 Å². The third kappa shape index (κ3) is 3.97. The summed E-state index contributed by atoms with van der Waals surface area (Å²) in [6.45, 7) is 4.32. The van der Waals surface area contributed by atoms with Gasteiger partial charge in [0, 0.05) is 16.5 Å². The first-order valence-electron chi connectivity index (χ1n) is 9.73. The van der Waals surface area contributed by atoms with Crippen LogP contribution in [-0.4, -0.2) is 17.1 Å². The van der Waals surface area contributed by atoms with Gasteiger partial charge in [0.2, 0.25) is 0 Å². The molecule has 0 saturated heterocycles.